The van der Waals surface area contributed by atoms with Crippen LogP contribution in [0.2, 0.25) is 0 Å². The van der Waals surface area contributed by atoms with E-state index in [9.17, 15) is 9.59 Å². The molecule has 0 aliphatic heterocycles. The lowest BCUT2D eigenvalue weighted by Gasteiger charge is -2.18. The number of amides is 2. The summed E-state index contributed by atoms with van der Waals surface area (Å²) in [7, 11) is 1.68. The number of carboxylic acids is 1. The molecule has 2 N–H and O–H groups in total. The van der Waals surface area contributed by atoms with Gasteiger partial charge in [0.15, 0.2) is 0 Å². The average molecular weight is 246 g/mol. The lowest BCUT2D eigenvalue weighted by molar-refractivity contribution is -0.137. The van der Waals surface area contributed by atoms with Crippen LogP contribution in [-0.4, -0.2) is 54.9 Å². The molecule has 0 aliphatic rings. The zero-order valence-electron chi connectivity index (χ0n) is 10.7. The van der Waals surface area contributed by atoms with Crippen LogP contribution in [0.1, 0.15) is 26.7 Å². The molecule has 0 aliphatic carbocycles. The van der Waals surface area contributed by atoms with Crippen LogP contribution in [0, 0.1) is 0 Å². The fourth-order valence-corrected chi connectivity index (χ4v) is 1.10. The number of hydrogen-bond donors (Lipinski definition) is 2. The third-order valence-corrected chi connectivity index (χ3v) is 2.07. The molecular formula is C11H22N2O4. The Kier molecular flexibility index (Phi) is 8.13. The van der Waals surface area contributed by atoms with E-state index in [0.29, 0.717) is 26.1 Å². The summed E-state index contributed by atoms with van der Waals surface area (Å²) in [6.07, 6.45) is 0.666. The lowest BCUT2D eigenvalue weighted by atomic mass is 10.3. The van der Waals surface area contributed by atoms with Gasteiger partial charge >= 0.3 is 12.0 Å². The van der Waals surface area contributed by atoms with Crippen LogP contribution < -0.4 is 5.32 Å². The quantitative estimate of drug-likeness (QED) is 0.624. The Labute approximate surface area is 102 Å². The number of carbonyl (C=O) groups excluding carboxylic acids is 1. The summed E-state index contributed by atoms with van der Waals surface area (Å²) in [5.74, 6) is -0.849. The van der Waals surface area contributed by atoms with Gasteiger partial charge in [-0.2, -0.15) is 0 Å². The maximum atomic E-state index is 11.5. The molecule has 17 heavy (non-hydrogen) atoms. The third kappa shape index (κ3) is 9.62. The summed E-state index contributed by atoms with van der Waals surface area (Å²) >= 11 is 0. The smallest absolute Gasteiger partial charge is 0.317 e. The summed E-state index contributed by atoms with van der Waals surface area (Å²) in [5, 5.41) is 11.1. The van der Waals surface area contributed by atoms with Gasteiger partial charge in [0, 0.05) is 26.6 Å². The van der Waals surface area contributed by atoms with Crippen LogP contribution in [-0.2, 0) is 9.53 Å². The Morgan fingerprint density at radius 1 is 1.41 bits per heavy atom. The predicted molar refractivity (Wildman–Crippen MR) is 64.0 cm³/mol. The van der Waals surface area contributed by atoms with Crippen LogP contribution in [0.25, 0.3) is 0 Å². The van der Waals surface area contributed by atoms with Crippen LogP contribution in [0.15, 0.2) is 0 Å². The van der Waals surface area contributed by atoms with Gasteiger partial charge in [-0.05, 0) is 20.3 Å². The van der Waals surface area contributed by atoms with E-state index in [4.69, 9.17) is 9.84 Å². The molecule has 0 rings (SSSR count). The number of aliphatic carboxylic acids is 1. The number of nitrogens with zero attached hydrogens (tertiary/aromatic N) is 1. The number of carbonyl (C=O) groups is 2. The topological polar surface area (TPSA) is 78.9 Å². The van der Waals surface area contributed by atoms with Crippen molar-refractivity contribution in [2.45, 2.75) is 32.8 Å². The van der Waals surface area contributed by atoms with Crippen molar-refractivity contribution in [1.29, 1.82) is 0 Å². The highest BCUT2D eigenvalue weighted by molar-refractivity contribution is 5.73. The molecule has 6 heteroatoms. The van der Waals surface area contributed by atoms with E-state index in [-0.39, 0.29) is 18.6 Å². The van der Waals surface area contributed by atoms with Crippen LogP contribution in [0.3, 0.4) is 0 Å². The van der Waals surface area contributed by atoms with E-state index in [1.807, 2.05) is 13.8 Å². The Bertz CT molecular complexity index is 244. The van der Waals surface area contributed by atoms with Crippen LogP contribution in [0.4, 0.5) is 4.79 Å². The molecule has 6 nitrogen and oxygen atoms in total. The second-order valence-electron chi connectivity index (χ2n) is 4.07. The molecule has 0 atom stereocenters. The van der Waals surface area contributed by atoms with Gasteiger partial charge in [0.05, 0.1) is 12.7 Å². The van der Waals surface area contributed by atoms with E-state index >= 15 is 0 Å². The first-order valence-corrected chi connectivity index (χ1v) is 5.76. The molecule has 100 valence electrons. The number of nitrogens with one attached hydrogen (secondary N) is 1. The van der Waals surface area contributed by atoms with E-state index in [0.717, 1.165) is 0 Å². The summed E-state index contributed by atoms with van der Waals surface area (Å²) in [4.78, 5) is 23.2. The van der Waals surface area contributed by atoms with E-state index in [2.05, 4.69) is 5.32 Å². The number of hydrogen-bond acceptors (Lipinski definition) is 3. The van der Waals surface area contributed by atoms with Gasteiger partial charge in [-0.15, -0.1) is 0 Å². The Morgan fingerprint density at radius 3 is 2.59 bits per heavy atom. The second kappa shape index (κ2) is 8.81. The molecule has 0 saturated carbocycles. The van der Waals surface area contributed by atoms with Gasteiger partial charge in [-0.3, -0.25) is 4.79 Å². The lowest BCUT2D eigenvalue weighted by Crippen LogP contribution is -2.39. The molecule has 0 heterocycles. The zero-order chi connectivity index (χ0) is 13.3. The maximum Gasteiger partial charge on any atom is 0.317 e. The molecule has 0 aromatic rings. The fraction of sp³-hybridized carbons (Fsp3) is 0.818. The van der Waals surface area contributed by atoms with Crippen molar-refractivity contribution in [2.75, 3.05) is 26.7 Å². The number of ether oxygens (including phenoxy) is 1. The molecule has 2 amide bonds. The fourth-order valence-electron chi connectivity index (χ4n) is 1.10. The van der Waals surface area contributed by atoms with Gasteiger partial charge in [0.25, 0.3) is 0 Å². The van der Waals surface area contributed by atoms with Gasteiger partial charge in [0.1, 0.15) is 0 Å². The Balaban J connectivity index is 3.57. The Morgan fingerprint density at radius 2 is 2.06 bits per heavy atom. The highest BCUT2D eigenvalue weighted by atomic mass is 16.5. The standard InChI is InChI=1S/C11H22N2O4/c1-9(2)17-8-7-13(3)11(16)12-6-4-5-10(14)15/h9H,4-8H2,1-3H3,(H,12,16)(H,14,15). The average Bonchev–Trinajstić information content (AvgIpc) is 2.23. The van der Waals surface area contributed by atoms with Gasteiger partial charge in [-0.25, -0.2) is 4.79 Å². The predicted octanol–water partition coefficient (Wildman–Crippen LogP) is 0.918. The number of urea groups is 1. The Hall–Kier alpha value is -1.30. The summed E-state index contributed by atoms with van der Waals surface area (Å²) < 4.78 is 5.32. The highest BCUT2D eigenvalue weighted by Gasteiger charge is 2.07. The minimum Gasteiger partial charge on any atom is -0.481 e. The molecule has 0 spiro atoms. The monoisotopic (exact) mass is 246 g/mol. The SMILES string of the molecule is CC(C)OCCN(C)C(=O)NCCCC(=O)O. The van der Waals surface area contributed by atoms with E-state index in [1.54, 1.807) is 7.05 Å². The third-order valence-electron chi connectivity index (χ3n) is 2.07. The van der Waals surface area contributed by atoms with Crippen molar-refractivity contribution < 1.29 is 19.4 Å². The first-order chi connectivity index (χ1) is 7.93. The molecule has 0 fully saturated rings. The van der Waals surface area contributed by atoms with Crippen molar-refractivity contribution >= 4 is 12.0 Å². The molecule has 0 saturated heterocycles. The van der Waals surface area contributed by atoms with Crippen molar-refractivity contribution in [3.8, 4) is 0 Å². The summed E-state index contributed by atoms with van der Waals surface area (Å²) in [5.41, 5.74) is 0. The molecule has 0 bridgehead atoms. The molecule has 0 unspecified atom stereocenters. The van der Waals surface area contributed by atoms with E-state index in [1.165, 1.54) is 4.90 Å². The van der Waals surface area contributed by atoms with Crippen molar-refractivity contribution in [2.24, 2.45) is 0 Å². The normalized spacial score (nSPS) is 10.4. The molecular weight excluding hydrogens is 224 g/mol. The van der Waals surface area contributed by atoms with Crippen LogP contribution >= 0.6 is 0 Å². The van der Waals surface area contributed by atoms with Crippen molar-refractivity contribution in [3.63, 3.8) is 0 Å². The largest absolute Gasteiger partial charge is 0.481 e. The molecule has 0 aromatic heterocycles. The van der Waals surface area contributed by atoms with Crippen molar-refractivity contribution in [3.05, 3.63) is 0 Å². The molecule has 0 aromatic carbocycles. The van der Waals surface area contributed by atoms with Gasteiger partial charge in [0.2, 0.25) is 0 Å². The number of carboxylic acid groups (broad SMARTS) is 1. The van der Waals surface area contributed by atoms with E-state index < -0.39 is 5.97 Å². The minimum atomic E-state index is -0.849. The molecule has 0 radical (unpaired) electrons. The van der Waals surface area contributed by atoms with Crippen LogP contribution in [0.5, 0.6) is 0 Å². The second-order valence-corrected chi connectivity index (χ2v) is 4.07. The van der Waals surface area contributed by atoms with Gasteiger partial charge < -0.3 is 20.1 Å². The first kappa shape index (κ1) is 15.7. The number of likely N-dealkylation sites (N-methyl/N-ethyl adjacent to an activating group) is 1. The summed E-state index contributed by atoms with van der Waals surface area (Å²) in [6, 6.07) is -0.206. The minimum absolute atomic E-state index is 0.0699. The zero-order valence-corrected chi connectivity index (χ0v) is 10.7. The highest BCUT2D eigenvalue weighted by Crippen LogP contribution is 1.91. The first-order valence-electron chi connectivity index (χ1n) is 5.76. The summed E-state index contributed by atoms with van der Waals surface area (Å²) in [6.45, 7) is 5.26. The maximum absolute atomic E-state index is 11.5. The van der Waals surface area contributed by atoms with Gasteiger partial charge in [-0.1, -0.05) is 0 Å². The van der Waals surface area contributed by atoms with Crippen molar-refractivity contribution in [1.82, 2.24) is 10.2 Å². The number of rotatable bonds is 8.